The van der Waals surface area contributed by atoms with Crippen molar-refractivity contribution >= 4 is 23.7 Å². The van der Waals surface area contributed by atoms with Gasteiger partial charge in [-0.15, -0.1) is 5.06 Å². The van der Waals surface area contributed by atoms with E-state index in [0.29, 0.717) is 24.0 Å². The third kappa shape index (κ3) is 2.50. The second kappa shape index (κ2) is 5.48. The van der Waals surface area contributed by atoms with Crippen LogP contribution in [-0.4, -0.2) is 29.2 Å². The zero-order valence-corrected chi connectivity index (χ0v) is 12.3. The van der Waals surface area contributed by atoms with Crippen LogP contribution in [0.5, 0.6) is 5.75 Å². The van der Waals surface area contributed by atoms with Crippen LogP contribution in [0.1, 0.15) is 19.4 Å². The number of hydrogen-bond acceptors (Lipinski definition) is 4. The van der Waals surface area contributed by atoms with Crippen molar-refractivity contribution in [2.75, 3.05) is 6.61 Å². The topological polar surface area (TPSA) is 75.0 Å². The summed E-state index contributed by atoms with van der Waals surface area (Å²) in [6, 6.07) is 7.32. The van der Waals surface area contributed by atoms with E-state index in [1.165, 1.54) is 5.06 Å². The summed E-state index contributed by atoms with van der Waals surface area (Å²) in [6.45, 7) is 4.21. The molecule has 0 aromatic heterocycles. The number of hydrogen-bond donors (Lipinski definition) is 1. The van der Waals surface area contributed by atoms with Gasteiger partial charge in [-0.1, -0.05) is 12.1 Å². The van der Waals surface area contributed by atoms with Gasteiger partial charge in [0.15, 0.2) is 11.7 Å². The largest absolute Gasteiger partial charge is 0.494 e. The van der Waals surface area contributed by atoms with E-state index in [-0.39, 0.29) is 11.4 Å². The summed E-state index contributed by atoms with van der Waals surface area (Å²) in [5, 5.41) is 9.39. The van der Waals surface area contributed by atoms with Crippen LogP contribution >= 0.6 is 0 Å². The SMILES string of the molecule is CCOc1cccc(/C=C2\C(=N)N3OC(C)=CC3=NC2=O)c1. The van der Waals surface area contributed by atoms with E-state index in [1.807, 2.05) is 31.2 Å². The first-order chi connectivity index (χ1) is 10.6. The maximum absolute atomic E-state index is 12.1. The van der Waals surface area contributed by atoms with Gasteiger partial charge in [-0.05, 0) is 37.6 Å². The molecule has 112 valence electrons. The first-order valence-corrected chi connectivity index (χ1v) is 6.91. The number of aliphatic imine (C=N–C) groups is 1. The summed E-state index contributed by atoms with van der Waals surface area (Å²) in [5.41, 5.74) is 0.946. The second-order valence-corrected chi connectivity index (χ2v) is 4.83. The number of nitrogens with one attached hydrogen (secondary N) is 1. The van der Waals surface area contributed by atoms with E-state index in [0.717, 1.165) is 5.56 Å². The molecule has 6 nitrogen and oxygen atoms in total. The van der Waals surface area contributed by atoms with Crippen molar-refractivity contribution in [2.24, 2.45) is 4.99 Å². The number of rotatable bonds is 3. The van der Waals surface area contributed by atoms with Gasteiger partial charge >= 0.3 is 0 Å². The summed E-state index contributed by atoms with van der Waals surface area (Å²) < 4.78 is 5.43. The molecule has 2 aliphatic heterocycles. The molecule has 0 bridgehead atoms. The van der Waals surface area contributed by atoms with Crippen LogP contribution in [0.25, 0.3) is 6.08 Å². The Morgan fingerprint density at radius 2 is 2.27 bits per heavy atom. The van der Waals surface area contributed by atoms with Crippen LogP contribution in [0.3, 0.4) is 0 Å². The van der Waals surface area contributed by atoms with Gasteiger partial charge in [0, 0.05) is 6.08 Å². The van der Waals surface area contributed by atoms with Gasteiger partial charge in [-0.3, -0.25) is 10.2 Å². The fourth-order valence-corrected chi connectivity index (χ4v) is 2.23. The average Bonchev–Trinajstić information content (AvgIpc) is 2.85. The van der Waals surface area contributed by atoms with Gasteiger partial charge in [0.2, 0.25) is 0 Å². The normalized spacial score (nSPS) is 18.8. The molecule has 0 saturated carbocycles. The average molecular weight is 297 g/mol. The minimum Gasteiger partial charge on any atom is -0.494 e. The Morgan fingerprint density at radius 3 is 3.05 bits per heavy atom. The molecular weight excluding hydrogens is 282 g/mol. The van der Waals surface area contributed by atoms with E-state index in [9.17, 15) is 4.79 Å². The number of amides is 1. The highest BCUT2D eigenvalue weighted by atomic mass is 16.7. The number of carbonyl (C=O) groups excluding carboxylic acids is 1. The van der Waals surface area contributed by atoms with Crippen molar-refractivity contribution in [3.8, 4) is 5.75 Å². The second-order valence-electron chi connectivity index (χ2n) is 4.83. The van der Waals surface area contributed by atoms with Gasteiger partial charge in [0.05, 0.1) is 12.2 Å². The van der Waals surface area contributed by atoms with Crippen LogP contribution in [0, 0.1) is 5.41 Å². The maximum Gasteiger partial charge on any atom is 0.282 e. The highest BCUT2D eigenvalue weighted by molar-refractivity contribution is 6.32. The minimum absolute atomic E-state index is 0.0232. The Bertz CT molecular complexity index is 747. The zero-order valence-electron chi connectivity index (χ0n) is 12.3. The molecule has 6 heteroatoms. The van der Waals surface area contributed by atoms with Crippen molar-refractivity contribution in [1.29, 1.82) is 5.41 Å². The lowest BCUT2D eigenvalue weighted by Gasteiger charge is -2.22. The number of allylic oxidation sites excluding steroid dienone is 1. The Hall–Kier alpha value is -2.89. The number of fused-ring (bicyclic) bond motifs is 1. The highest BCUT2D eigenvalue weighted by Gasteiger charge is 2.34. The molecule has 22 heavy (non-hydrogen) atoms. The van der Waals surface area contributed by atoms with Gasteiger partial charge < -0.3 is 9.57 Å². The molecule has 1 N–H and O–H groups in total. The van der Waals surface area contributed by atoms with Gasteiger partial charge in [0.25, 0.3) is 5.91 Å². The van der Waals surface area contributed by atoms with Crippen molar-refractivity contribution in [2.45, 2.75) is 13.8 Å². The number of nitrogens with zero attached hydrogens (tertiary/aromatic N) is 2. The molecule has 1 amide bonds. The number of ether oxygens (including phenoxy) is 1. The maximum atomic E-state index is 12.1. The van der Waals surface area contributed by atoms with Crippen molar-refractivity contribution in [3.63, 3.8) is 0 Å². The van der Waals surface area contributed by atoms with Crippen LogP contribution in [0.4, 0.5) is 0 Å². The molecule has 3 rings (SSSR count). The van der Waals surface area contributed by atoms with E-state index in [1.54, 1.807) is 19.1 Å². The lowest BCUT2D eigenvalue weighted by molar-refractivity contribution is -0.114. The fourth-order valence-electron chi connectivity index (χ4n) is 2.23. The molecule has 2 heterocycles. The molecule has 0 atom stereocenters. The molecule has 0 spiro atoms. The number of benzene rings is 1. The third-order valence-corrected chi connectivity index (χ3v) is 3.16. The molecule has 0 saturated heterocycles. The van der Waals surface area contributed by atoms with E-state index >= 15 is 0 Å². The van der Waals surface area contributed by atoms with Crippen LogP contribution in [0.15, 0.2) is 46.7 Å². The van der Waals surface area contributed by atoms with Crippen LogP contribution < -0.4 is 4.74 Å². The molecule has 0 fully saturated rings. The summed E-state index contributed by atoms with van der Waals surface area (Å²) in [4.78, 5) is 21.5. The molecule has 1 aromatic rings. The molecule has 0 aliphatic carbocycles. The van der Waals surface area contributed by atoms with Gasteiger partial charge in [-0.25, -0.2) is 0 Å². The fraction of sp³-hybridized carbons (Fsp3) is 0.188. The smallest absolute Gasteiger partial charge is 0.282 e. The first kappa shape index (κ1) is 14.1. The highest BCUT2D eigenvalue weighted by Crippen LogP contribution is 2.24. The van der Waals surface area contributed by atoms with Crippen LogP contribution in [-0.2, 0) is 9.63 Å². The number of hydroxylamine groups is 2. The summed E-state index contributed by atoms with van der Waals surface area (Å²) in [5.74, 6) is 1.17. The third-order valence-electron chi connectivity index (χ3n) is 3.16. The molecule has 2 aliphatic rings. The minimum atomic E-state index is -0.451. The lowest BCUT2D eigenvalue weighted by Crippen LogP contribution is -2.38. The Balaban J connectivity index is 1.94. The summed E-state index contributed by atoms with van der Waals surface area (Å²) >= 11 is 0. The Morgan fingerprint density at radius 1 is 1.45 bits per heavy atom. The van der Waals surface area contributed by atoms with Crippen LogP contribution in [0.2, 0.25) is 0 Å². The summed E-state index contributed by atoms with van der Waals surface area (Å²) in [6.07, 6.45) is 3.24. The van der Waals surface area contributed by atoms with E-state index < -0.39 is 5.91 Å². The Kier molecular flexibility index (Phi) is 3.50. The van der Waals surface area contributed by atoms with E-state index in [4.69, 9.17) is 15.0 Å². The standard InChI is InChI=1S/C16H15N3O3/c1-3-21-12-6-4-5-11(8-12)9-13-15(17)19-14(18-16(13)20)7-10(2)22-19/h4-9,17H,3H2,1-2H3/b13-9+,17-15?. The zero-order chi connectivity index (χ0) is 15.7. The van der Waals surface area contributed by atoms with Crippen molar-refractivity contribution in [1.82, 2.24) is 5.06 Å². The molecule has 0 unspecified atom stereocenters. The predicted octanol–water partition coefficient (Wildman–Crippen LogP) is 2.54. The van der Waals surface area contributed by atoms with E-state index in [2.05, 4.69) is 4.99 Å². The van der Waals surface area contributed by atoms with Gasteiger partial charge in [-0.2, -0.15) is 4.99 Å². The first-order valence-electron chi connectivity index (χ1n) is 6.91. The lowest BCUT2D eigenvalue weighted by atomic mass is 10.1. The van der Waals surface area contributed by atoms with Crippen molar-refractivity contribution < 1.29 is 14.4 Å². The van der Waals surface area contributed by atoms with Crippen molar-refractivity contribution in [3.05, 3.63) is 47.2 Å². The predicted molar refractivity (Wildman–Crippen MR) is 82.4 cm³/mol. The molecule has 1 aromatic carbocycles. The molecule has 0 radical (unpaired) electrons. The monoisotopic (exact) mass is 297 g/mol. The quantitative estimate of drug-likeness (QED) is 0.870. The molecular formula is C16H15N3O3. The Labute approximate surface area is 127 Å². The summed E-state index contributed by atoms with van der Waals surface area (Å²) in [7, 11) is 0. The van der Waals surface area contributed by atoms with Gasteiger partial charge in [0.1, 0.15) is 11.5 Å². The number of carbonyl (C=O) groups is 1. The number of amidine groups is 2.